The molecule has 0 amide bonds. The molecule has 0 saturated carbocycles. The summed E-state index contributed by atoms with van der Waals surface area (Å²) in [5.41, 5.74) is 0.146. The number of hydrogen-bond acceptors (Lipinski definition) is 5. The molecular formula is C17H23N3O3. The highest BCUT2D eigenvalue weighted by atomic mass is 16.5. The molecule has 2 heterocycles. The Labute approximate surface area is 135 Å². The minimum Gasteiger partial charge on any atom is -0.481 e. The van der Waals surface area contributed by atoms with Crippen molar-refractivity contribution in [2.45, 2.75) is 20.3 Å². The van der Waals surface area contributed by atoms with Crippen molar-refractivity contribution in [2.75, 3.05) is 37.6 Å². The fourth-order valence-electron chi connectivity index (χ4n) is 2.83. The lowest BCUT2D eigenvalue weighted by atomic mass is 9.89. The van der Waals surface area contributed by atoms with Gasteiger partial charge in [0, 0.05) is 26.2 Å². The molecular weight excluding hydrogens is 294 g/mol. The van der Waals surface area contributed by atoms with Gasteiger partial charge >= 0.3 is 5.97 Å². The Hall–Kier alpha value is -2.08. The van der Waals surface area contributed by atoms with Crippen LogP contribution in [0.4, 0.5) is 5.82 Å². The zero-order valence-electron chi connectivity index (χ0n) is 13.7. The first-order valence-corrected chi connectivity index (χ1v) is 8.02. The Morgan fingerprint density at radius 2 is 1.96 bits per heavy atom. The molecule has 1 aliphatic rings. The van der Waals surface area contributed by atoms with Crippen LogP contribution >= 0.6 is 0 Å². The molecule has 1 fully saturated rings. The number of benzene rings is 1. The second-order valence-corrected chi connectivity index (χ2v) is 6.77. The standard InChI is InChI=1S/C17H23N3O3/c1-17(2,16(21)22)7-8-19-9-11-20(12-10-19)15-13-5-3-4-6-14(13)23-18-15/h3-6H,7-12H2,1-2H3,(H,21,22). The molecule has 23 heavy (non-hydrogen) atoms. The van der Waals surface area contributed by atoms with Gasteiger partial charge in [-0.05, 0) is 38.9 Å². The number of piperazine rings is 1. The quantitative estimate of drug-likeness (QED) is 0.913. The van der Waals surface area contributed by atoms with E-state index in [4.69, 9.17) is 4.52 Å². The first kappa shape index (κ1) is 15.8. The van der Waals surface area contributed by atoms with Crippen LogP contribution < -0.4 is 4.90 Å². The van der Waals surface area contributed by atoms with E-state index in [-0.39, 0.29) is 0 Å². The molecule has 0 radical (unpaired) electrons. The zero-order chi connectivity index (χ0) is 16.4. The van der Waals surface area contributed by atoms with Crippen LogP contribution in [0.25, 0.3) is 11.0 Å². The molecule has 0 spiro atoms. The van der Waals surface area contributed by atoms with Crippen LogP contribution in [0.2, 0.25) is 0 Å². The summed E-state index contributed by atoms with van der Waals surface area (Å²) in [4.78, 5) is 15.7. The molecule has 1 saturated heterocycles. The highest BCUT2D eigenvalue weighted by molar-refractivity contribution is 5.88. The maximum absolute atomic E-state index is 11.2. The van der Waals surface area contributed by atoms with E-state index in [1.807, 2.05) is 24.3 Å². The number of carbonyl (C=O) groups is 1. The van der Waals surface area contributed by atoms with Gasteiger partial charge in [0.15, 0.2) is 11.4 Å². The van der Waals surface area contributed by atoms with E-state index < -0.39 is 11.4 Å². The molecule has 2 aromatic rings. The predicted octanol–water partition coefficient (Wildman–Crippen LogP) is 2.45. The van der Waals surface area contributed by atoms with Gasteiger partial charge in [-0.3, -0.25) is 9.69 Å². The molecule has 0 atom stereocenters. The summed E-state index contributed by atoms with van der Waals surface area (Å²) in [5.74, 6) is 0.177. The number of anilines is 1. The maximum Gasteiger partial charge on any atom is 0.309 e. The van der Waals surface area contributed by atoms with Gasteiger partial charge in [-0.25, -0.2) is 0 Å². The summed E-state index contributed by atoms with van der Waals surface area (Å²) in [6, 6.07) is 7.89. The normalized spacial score (nSPS) is 16.9. The van der Waals surface area contributed by atoms with Gasteiger partial charge in [-0.15, -0.1) is 0 Å². The van der Waals surface area contributed by atoms with Crippen LogP contribution in [-0.4, -0.2) is 53.9 Å². The second kappa shape index (κ2) is 6.20. The third kappa shape index (κ3) is 3.32. The molecule has 0 bridgehead atoms. The van der Waals surface area contributed by atoms with Crippen molar-refractivity contribution >= 4 is 22.8 Å². The molecule has 3 rings (SSSR count). The lowest BCUT2D eigenvalue weighted by Crippen LogP contribution is -2.47. The third-order valence-corrected chi connectivity index (χ3v) is 4.66. The van der Waals surface area contributed by atoms with E-state index in [1.54, 1.807) is 13.8 Å². The lowest BCUT2D eigenvalue weighted by Gasteiger charge is -2.35. The number of aliphatic carboxylic acids is 1. The third-order valence-electron chi connectivity index (χ3n) is 4.66. The van der Waals surface area contributed by atoms with E-state index in [1.165, 1.54) is 0 Å². The Balaban J connectivity index is 1.57. The molecule has 6 heteroatoms. The van der Waals surface area contributed by atoms with Crippen LogP contribution in [0.5, 0.6) is 0 Å². The highest BCUT2D eigenvalue weighted by Crippen LogP contribution is 2.27. The van der Waals surface area contributed by atoms with Crippen molar-refractivity contribution < 1.29 is 14.4 Å². The van der Waals surface area contributed by atoms with Crippen LogP contribution in [0.15, 0.2) is 28.8 Å². The highest BCUT2D eigenvalue weighted by Gasteiger charge is 2.28. The summed E-state index contributed by atoms with van der Waals surface area (Å²) in [5, 5.41) is 14.4. The van der Waals surface area contributed by atoms with Crippen LogP contribution in [0.1, 0.15) is 20.3 Å². The second-order valence-electron chi connectivity index (χ2n) is 6.77. The largest absolute Gasteiger partial charge is 0.481 e. The minimum atomic E-state index is -0.731. The fourth-order valence-corrected chi connectivity index (χ4v) is 2.83. The van der Waals surface area contributed by atoms with E-state index in [2.05, 4.69) is 15.0 Å². The van der Waals surface area contributed by atoms with Crippen molar-refractivity contribution in [1.82, 2.24) is 10.1 Å². The number of carboxylic acids is 1. The van der Waals surface area contributed by atoms with Gasteiger partial charge in [0.25, 0.3) is 0 Å². The Morgan fingerprint density at radius 1 is 1.26 bits per heavy atom. The summed E-state index contributed by atoms with van der Waals surface area (Å²) >= 11 is 0. The van der Waals surface area contributed by atoms with Crippen molar-refractivity contribution in [2.24, 2.45) is 5.41 Å². The number of aromatic nitrogens is 1. The van der Waals surface area contributed by atoms with Crippen molar-refractivity contribution in [3.63, 3.8) is 0 Å². The van der Waals surface area contributed by atoms with Crippen LogP contribution in [0.3, 0.4) is 0 Å². The number of hydrogen-bond donors (Lipinski definition) is 1. The number of nitrogens with zero attached hydrogens (tertiary/aromatic N) is 3. The summed E-state index contributed by atoms with van der Waals surface area (Å²) < 4.78 is 5.38. The number of rotatable bonds is 5. The summed E-state index contributed by atoms with van der Waals surface area (Å²) in [6.45, 7) is 7.97. The Morgan fingerprint density at radius 3 is 2.65 bits per heavy atom. The molecule has 6 nitrogen and oxygen atoms in total. The number of para-hydroxylation sites is 1. The smallest absolute Gasteiger partial charge is 0.309 e. The van der Waals surface area contributed by atoms with Gasteiger partial charge in [0.05, 0.1) is 10.8 Å². The molecule has 0 unspecified atom stereocenters. The zero-order valence-corrected chi connectivity index (χ0v) is 13.7. The lowest BCUT2D eigenvalue weighted by molar-refractivity contribution is -0.147. The van der Waals surface area contributed by atoms with E-state index in [0.29, 0.717) is 6.42 Å². The van der Waals surface area contributed by atoms with Gasteiger partial charge < -0.3 is 14.5 Å². The maximum atomic E-state index is 11.2. The molecule has 124 valence electrons. The van der Waals surface area contributed by atoms with E-state index in [0.717, 1.165) is 49.5 Å². The Kier molecular flexibility index (Phi) is 4.26. The topological polar surface area (TPSA) is 69.8 Å². The average Bonchev–Trinajstić information content (AvgIpc) is 2.97. The van der Waals surface area contributed by atoms with Gasteiger partial charge in [0.1, 0.15) is 0 Å². The van der Waals surface area contributed by atoms with Crippen LogP contribution in [0, 0.1) is 5.41 Å². The monoisotopic (exact) mass is 317 g/mol. The van der Waals surface area contributed by atoms with Crippen molar-refractivity contribution in [3.8, 4) is 0 Å². The predicted molar refractivity (Wildman–Crippen MR) is 88.7 cm³/mol. The van der Waals surface area contributed by atoms with E-state index >= 15 is 0 Å². The minimum absolute atomic E-state index is 0.662. The fraction of sp³-hybridized carbons (Fsp3) is 0.529. The Bertz CT molecular complexity index is 687. The SMILES string of the molecule is CC(C)(CCN1CCN(c2noc3ccccc23)CC1)C(=O)O. The first-order valence-electron chi connectivity index (χ1n) is 8.02. The molecule has 0 aliphatic carbocycles. The van der Waals surface area contributed by atoms with Crippen LogP contribution in [-0.2, 0) is 4.79 Å². The average molecular weight is 317 g/mol. The number of fused-ring (bicyclic) bond motifs is 1. The van der Waals surface area contributed by atoms with Gasteiger partial charge in [-0.2, -0.15) is 0 Å². The molecule has 1 N–H and O–H groups in total. The molecule has 1 aromatic heterocycles. The van der Waals surface area contributed by atoms with Gasteiger partial charge in [0.2, 0.25) is 0 Å². The van der Waals surface area contributed by atoms with E-state index in [9.17, 15) is 9.90 Å². The van der Waals surface area contributed by atoms with Gasteiger partial charge in [-0.1, -0.05) is 17.3 Å². The van der Waals surface area contributed by atoms with Crippen molar-refractivity contribution in [1.29, 1.82) is 0 Å². The first-order chi connectivity index (χ1) is 11.0. The number of carboxylic acid groups (broad SMARTS) is 1. The molecule has 1 aliphatic heterocycles. The molecule has 1 aromatic carbocycles. The summed E-state index contributed by atoms with van der Waals surface area (Å²) in [6.07, 6.45) is 0.662. The summed E-state index contributed by atoms with van der Waals surface area (Å²) in [7, 11) is 0. The van der Waals surface area contributed by atoms with Crippen molar-refractivity contribution in [3.05, 3.63) is 24.3 Å².